The van der Waals surface area contributed by atoms with Crippen LogP contribution < -0.4 is 0 Å². The van der Waals surface area contributed by atoms with Gasteiger partial charge in [-0.3, -0.25) is 0 Å². The number of aliphatic hydroxyl groups is 4. The van der Waals surface area contributed by atoms with Crippen molar-refractivity contribution in [2.75, 3.05) is 6.61 Å². The predicted octanol–water partition coefficient (Wildman–Crippen LogP) is -1.55. The van der Waals surface area contributed by atoms with Gasteiger partial charge in [-0.05, 0) is 23.8 Å². The molecule has 1 unspecified atom stereocenters. The van der Waals surface area contributed by atoms with Gasteiger partial charge in [-0.15, -0.1) is 0 Å². The summed E-state index contributed by atoms with van der Waals surface area (Å²) < 4.78 is 9.81. The molecule has 1 saturated heterocycles. The molecule has 1 aliphatic rings. The van der Waals surface area contributed by atoms with Crippen molar-refractivity contribution in [3.63, 3.8) is 0 Å². The maximum atomic E-state index is 11.8. The maximum absolute atomic E-state index is 11.8. The molecule has 0 radical (unpaired) electrons. The first-order valence-electron chi connectivity index (χ1n) is 7.04. The van der Waals surface area contributed by atoms with Gasteiger partial charge in [0.05, 0.1) is 6.61 Å². The first kappa shape index (κ1) is 18.2. The van der Waals surface area contributed by atoms with Crippen LogP contribution >= 0.6 is 0 Å². The number of hydrogen-bond acceptors (Lipinski definition) is 9. The average Bonchev–Trinajstić information content (AvgIpc) is 2.56. The molecule has 2 rings (SSSR count). The SMILES string of the molecule is O=C(C=Cc1ccc(O)c(O)c1)O[C@H]1[C@H](O)[C@@H](O)C(O)O[C@@H]1CO. The summed E-state index contributed by atoms with van der Waals surface area (Å²) in [5, 5.41) is 56.5. The van der Waals surface area contributed by atoms with E-state index in [4.69, 9.17) is 9.47 Å². The van der Waals surface area contributed by atoms with Crippen LogP contribution in [0.2, 0.25) is 0 Å². The second kappa shape index (κ2) is 7.60. The molecular formula is C15H18O9. The highest BCUT2D eigenvalue weighted by atomic mass is 16.7. The second-order valence-corrected chi connectivity index (χ2v) is 5.21. The van der Waals surface area contributed by atoms with Crippen LogP contribution in [0.25, 0.3) is 6.08 Å². The third kappa shape index (κ3) is 4.02. The number of hydrogen-bond donors (Lipinski definition) is 6. The Morgan fingerprint density at radius 2 is 1.88 bits per heavy atom. The molecule has 1 heterocycles. The van der Waals surface area contributed by atoms with Crippen LogP contribution in [-0.2, 0) is 14.3 Å². The summed E-state index contributed by atoms with van der Waals surface area (Å²) in [6.07, 6.45) is -5.33. The first-order chi connectivity index (χ1) is 11.3. The van der Waals surface area contributed by atoms with Gasteiger partial charge in [-0.25, -0.2) is 4.79 Å². The van der Waals surface area contributed by atoms with E-state index in [1.165, 1.54) is 24.3 Å². The molecule has 24 heavy (non-hydrogen) atoms. The van der Waals surface area contributed by atoms with Gasteiger partial charge in [0.1, 0.15) is 18.3 Å². The minimum absolute atomic E-state index is 0.310. The van der Waals surface area contributed by atoms with Crippen LogP contribution in [0.3, 0.4) is 0 Å². The normalized spacial score (nSPS) is 30.4. The van der Waals surface area contributed by atoms with Crippen LogP contribution in [0.1, 0.15) is 5.56 Å². The van der Waals surface area contributed by atoms with E-state index in [0.717, 1.165) is 6.08 Å². The number of phenols is 2. The Hall–Kier alpha value is -2.17. The van der Waals surface area contributed by atoms with Crippen LogP contribution in [0.5, 0.6) is 11.5 Å². The lowest BCUT2D eigenvalue weighted by atomic mass is 9.99. The highest BCUT2D eigenvalue weighted by Crippen LogP contribution is 2.26. The van der Waals surface area contributed by atoms with E-state index < -0.39 is 43.3 Å². The van der Waals surface area contributed by atoms with Crippen molar-refractivity contribution in [1.82, 2.24) is 0 Å². The second-order valence-electron chi connectivity index (χ2n) is 5.21. The molecule has 1 aromatic carbocycles. The average molecular weight is 342 g/mol. The highest BCUT2D eigenvalue weighted by molar-refractivity contribution is 5.87. The Kier molecular flexibility index (Phi) is 5.75. The lowest BCUT2D eigenvalue weighted by Crippen LogP contribution is -2.59. The molecule has 0 amide bonds. The third-order valence-corrected chi connectivity index (χ3v) is 3.50. The number of benzene rings is 1. The van der Waals surface area contributed by atoms with Gasteiger partial charge >= 0.3 is 5.97 Å². The van der Waals surface area contributed by atoms with Crippen molar-refractivity contribution in [2.24, 2.45) is 0 Å². The van der Waals surface area contributed by atoms with Crippen molar-refractivity contribution in [1.29, 1.82) is 0 Å². The molecular weight excluding hydrogens is 324 g/mol. The lowest BCUT2D eigenvalue weighted by molar-refractivity contribution is -0.289. The number of aliphatic hydroxyl groups excluding tert-OH is 4. The Morgan fingerprint density at radius 1 is 1.17 bits per heavy atom. The molecule has 0 spiro atoms. The largest absolute Gasteiger partial charge is 0.504 e. The van der Waals surface area contributed by atoms with Gasteiger partial charge in [0.2, 0.25) is 0 Å². The third-order valence-electron chi connectivity index (χ3n) is 3.50. The van der Waals surface area contributed by atoms with Gasteiger partial charge in [0.25, 0.3) is 0 Å². The fraction of sp³-hybridized carbons (Fsp3) is 0.400. The van der Waals surface area contributed by atoms with Crippen LogP contribution in [0.15, 0.2) is 24.3 Å². The predicted molar refractivity (Wildman–Crippen MR) is 78.7 cm³/mol. The number of carbonyl (C=O) groups is 1. The molecule has 1 aliphatic heterocycles. The minimum Gasteiger partial charge on any atom is -0.504 e. The molecule has 1 fully saturated rings. The van der Waals surface area contributed by atoms with Crippen LogP contribution in [0, 0.1) is 0 Å². The zero-order chi connectivity index (χ0) is 17.9. The van der Waals surface area contributed by atoms with Crippen LogP contribution in [0.4, 0.5) is 0 Å². The fourth-order valence-electron chi connectivity index (χ4n) is 2.19. The van der Waals surface area contributed by atoms with Gasteiger partial charge in [0.15, 0.2) is 23.9 Å². The molecule has 9 nitrogen and oxygen atoms in total. The minimum atomic E-state index is -1.71. The lowest BCUT2D eigenvalue weighted by Gasteiger charge is -2.39. The van der Waals surface area contributed by atoms with Gasteiger partial charge < -0.3 is 40.1 Å². The van der Waals surface area contributed by atoms with E-state index in [1.807, 2.05) is 0 Å². The maximum Gasteiger partial charge on any atom is 0.331 e. The summed E-state index contributed by atoms with van der Waals surface area (Å²) in [7, 11) is 0. The van der Waals surface area contributed by atoms with Crippen molar-refractivity contribution >= 4 is 12.0 Å². The zero-order valence-corrected chi connectivity index (χ0v) is 12.4. The number of ether oxygens (including phenoxy) is 2. The van der Waals surface area contributed by atoms with Crippen molar-refractivity contribution < 1.29 is 44.9 Å². The summed E-state index contributed by atoms with van der Waals surface area (Å²) in [6.45, 7) is -0.645. The van der Waals surface area contributed by atoms with E-state index in [1.54, 1.807) is 0 Å². The monoisotopic (exact) mass is 342 g/mol. The Balaban J connectivity index is 2.04. The first-order valence-corrected chi connectivity index (χ1v) is 7.04. The van der Waals surface area contributed by atoms with Crippen molar-refractivity contribution in [3.05, 3.63) is 29.8 Å². The fourth-order valence-corrected chi connectivity index (χ4v) is 2.19. The van der Waals surface area contributed by atoms with E-state index in [9.17, 15) is 35.4 Å². The van der Waals surface area contributed by atoms with Gasteiger partial charge in [-0.1, -0.05) is 6.07 Å². The van der Waals surface area contributed by atoms with Crippen LogP contribution in [-0.4, -0.2) is 73.9 Å². The van der Waals surface area contributed by atoms with E-state index in [0.29, 0.717) is 5.56 Å². The molecule has 5 atom stereocenters. The number of carbonyl (C=O) groups excluding carboxylic acids is 1. The molecule has 0 aromatic heterocycles. The highest BCUT2D eigenvalue weighted by Gasteiger charge is 2.45. The molecule has 6 N–H and O–H groups in total. The number of rotatable bonds is 4. The summed E-state index contributed by atoms with van der Waals surface area (Å²) in [5.41, 5.74) is 0.400. The van der Waals surface area contributed by atoms with E-state index in [2.05, 4.69) is 0 Å². The molecule has 1 aromatic rings. The number of esters is 1. The molecule has 0 aliphatic carbocycles. The van der Waals surface area contributed by atoms with E-state index in [-0.39, 0.29) is 11.5 Å². The van der Waals surface area contributed by atoms with Gasteiger partial charge in [0, 0.05) is 6.08 Å². The quantitative estimate of drug-likeness (QED) is 0.217. The van der Waals surface area contributed by atoms with Gasteiger partial charge in [-0.2, -0.15) is 0 Å². The number of aromatic hydroxyl groups is 2. The Morgan fingerprint density at radius 3 is 2.50 bits per heavy atom. The smallest absolute Gasteiger partial charge is 0.331 e. The summed E-state index contributed by atoms with van der Waals surface area (Å²) in [6, 6.07) is 3.89. The standard InChI is InChI=1S/C15H18O9/c16-6-10-14(12(20)13(21)15(22)23-10)24-11(19)4-2-7-1-3-8(17)9(18)5-7/h1-5,10,12-18,20-22H,6H2/t10-,12-,13-,14-,15?/m1/s1. The molecule has 0 bridgehead atoms. The van der Waals surface area contributed by atoms with Crippen molar-refractivity contribution in [2.45, 2.75) is 30.7 Å². The van der Waals surface area contributed by atoms with Crippen molar-refractivity contribution in [3.8, 4) is 11.5 Å². The zero-order valence-electron chi connectivity index (χ0n) is 12.4. The molecule has 0 saturated carbocycles. The van der Waals surface area contributed by atoms with E-state index >= 15 is 0 Å². The Labute approximate surface area is 136 Å². The summed E-state index contributed by atoms with van der Waals surface area (Å²) in [5.74, 6) is -1.58. The summed E-state index contributed by atoms with van der Waals surface area (Å²) in [4.78, 5) is 11.8. The Bertz CT molecular complexity index is 613. The molecule has 132 valence electrons. The number of phenolic OH excluding ortho intramolecular Hbond substituents is 2. The molecule has 9 heteroatoms. The summed E-state index contributed by atoms with van der Waals surface area (Å²) >= 11 is 0. The topological polar surface area (TPSA) is 157 Å².